The van der Waals surface area contributed by atoms with E-state index in [-0.39, 0.29) is 53.6 Å². The van der Waals surface area contributed by atoms with Crippen LogP contribution in [0.25, 0.3) is 11.1 Å². The van der Waals surface area contributed by atoms with Gasteiger partial charge in [-0.3, -0.25) is 9.59 Å². The van der Waals surface area contributed by atoms with E-state index in [0.717, 1.165) is 17.7 Å². The van der Waals surface area contributed by atoms with Crippen molar-refractivity contribution >= 4 is 11.8 Å². The highest BCUT2D eigenvalue weighted by Crippen LogP contribution is 2.33. The molecule has 3 aromatic rings. The lowest BCUT2D eigenvalue weighted by Crippen LogP contribution is -2.51. The smallest absolute Gasteiger partial charge is 0.405 e. The van der Waals surface area contributed by atoms with Crippen LogP contribution in [-0.2, 0) is 16.1 Å². The van der Waals surface area contributed by atoms with Gasteiger partial charge in [-0.1, -0.05) is 36.4 Å². The van der Waals surface area contributed by atoms with Crippen molar-refractivity contribution in [1.82, 2.24) is 15.5 Å². The lowest BCUT2D eigenvalue weighted by atomic mass is 9.85. The fraction of sp³-hybridized carbons (Fsp3) is 0.310. The average Bonchev–Trinajstić information content (AvgIpc) is 2.91. The highest BCUT2D eigenvalue weighted by molar-refractivity contribution is 5.83. The van der Waals surface area contributed by atoms with Crippen molar-refractivity contribution in [3.8, 4) is 16.9 Å². The summed E-state index contributed by atoms with van der Waals surface area (Å²) in [6.07, 6.45) is -4.45. The fourth-order valence-corrected chi connectivity index (χ4v) is 4.85. The molecule has 2 amide bonds. The number of piperidine rings is 1. The van der Waals surface area contributed by atoms with Crippen LogP contribution >= 0.6 is 0 Å². The van der Waals surface area contributed by atoms with Crippen LogP contribution in [0.2, 0.25) is 0 Å². The van der Waals surface area contributed by atoms with Crippen molar-refractivity contribution < 1.29 is 36.3 Å². The van der Waals surface area contributed by atoms with Gasteiger partial charge in [-0.15, -0.1) is 13.2 Å². The van der Waals surface area contributed by atoms with E-state index >= 15 is 0 Å². The molecular formula is C29H28F5N3O3. The number of carbonyl (C=O) groups is 2. The average molecular weight is 562 g/mol. The molecular weight excluding hydrogens is 533 g/mol. The number of hydrogen-bond acceptors (Lipinski definition) is 4. The van der Waals surface area contributed by atoms with Gasteiger partial charge in [0, 0.05) is 55.7 Å². The number of nitrogens with one attached hydrogen (secondary N) is 2. The van der Waals surface area contributed by atoms with Crippen LogP contribution < -0.4 is 15.4 Å². The van der Waals surface area contributed by atoms with Crippen LogP contribution in [-0.4, -0.2) is 48.8 Å². The van der Waals surface area contributed by atoms with Gasteiger partial charge in [0.25, 0.3) is 0 Å². The van der Waals surface area contributed by atoms with Crippen molar-refractivity contribution in [2.75, 3.05) is 19.6 Å². The second-order valence-corrected chi connectivity index (χ2v) is 9.54. The first-order chi connectivity index (χ1) is 19.0. The summed E-state index contributed by atoms with van der Waals surface area (Å²) >= 11 is 0. The van der Waals surface area contributed by atoms with Gasteiger partial charge in [0.1, 0.15) is 17.4 Å². The third kappa shape index (κ3) is 7.56. The van der Waals surface area contributed by atoms with Crippen molar-refractivity contribution in [2.45, 2.75) is 38.2 Å². The summed E-state index contributed by atoms with van der Waals surface area (Å²) in [5, 5.41) is 5.82. The molecule has 1 fully saturated rings. The van der Waals surface area contributed by atoms with Gasteiger partial charge < -0.3 is 20.3 Å². The Labute approximate surface area is 228 Å². The minimum atomic E-state index is -4.94. The molecule has 1 aliphatic heterocycles. The predicted octanol–water partition coefficient (Wildman–Crippen LogP) is 5.14. The maximum atomic E-state index is 14.4. The van der Waals surface area contributed by atoms with Gasteiger partial charge in [-0.2, -0.15) is 0 Å². The summed E-state index contributed by atoms with van der Waals surface area (Å²) in [4.78, 5) is 25.6. The van der Waals surface area contributed by atoms with E-state index in [1.54, 1.807) is 4.90 Å². The molecule has 0 unspecified atom stereocenters. The Hall–Kier alpha value is -3.99. The number of nitrogens with zero attached hydrogens (tertiary/aromatic N) is 1. The van der Waals surface area contributed by atoms with Gasteiger partial charge in [-0.25, -0.2) is 8.78 Å². The molecule has 1 aliphatic rings. The van der Waals surface area contributed by atoms with Crippen molar-refractivity contribution in [3.63, 3.8) is 0 Å². The second kappa shape index (κ2) is 12.5. The van der Waals surface area contributed by atoms with Crippen LogP contribution in [0, 0.1) is 11.6 Å². The standard InChI is InChI=1S/C29H28F5N3O3/c1-18(38)35-16-28(39)37-12-11-26(24(17-37)19-5-3-2-4-6-19)36-15-21-13-20(7-10-27(21)40-29(32,33)34)23-9-8-22(30)14-25(23)31/h2-10,13-14,24,26,36H,11-12,15-17H2,1H3,(H,35,38)/t24-,26-/m0/s1. The Morgan fingerprint density at radius 3 is 2.45 bits per heavy atom. The number of alkyl halides is 3. The predicted molar refractivity (Wildman–Crippen MR) is 138 cm³/mol. The molecule has 6 nitrogen and oxygen atoms in total. The van der Waals surface area contributed by atoms with Crippen molar-refractivity contribution in [1.29, 1.82) is 0 Å². The van der Waals surface area contributed by atoms with Crippen LogP contribution in [0.3, 0.4) is 0 Å². The number of hydrogen-bond donors (Lipinski definition) is 2. The van der Waals surface area contributed by atoms with E-state index in [4.69, 9.17) is 0 Å². The lowest BCUT2D eigenvalue weighted by molar-refractivity contribution is -0.274. The molecule has 40 heavy (non-hydrogen) atoms. The molecule has 1 saturated heterocycles. The highest BCUT2D eigenvalue weighted by atomic mass is 19.4. The number of rotatable bonds is 8. The first-order valence-electron chi connectivity index (χ1n) is 12.6. The molecule has 2 N–H and O–H groups in total. The van der Waals surface area contributed by atoms with Gasteiger partial charge in [0.05, 0.1) is 6.54 Å². The molecule has 212 valence electrons. The fourth-order valence-electron chi connectivity index (χ4n) is 4.85. The number of likely N-dealkylation sites (tertiary alicyclic amines) is 1. The van der Waals surface area contributed by atoms with Crippen molar-refractivity contribution in [2.24, 2.45) is 0 Å². The Morgan fingerprint density at radius 1 is 1.02 bits per heavy atom. The number of halogens is 5. The monoisotopic (exact) mass is 561 g/mol. The van der Waals surface area contributed by atoms with E-state index in [2.05, 4.69) is 15.4 Å². The molecule has 2 atom stereocenters. The molecule has 0 bridgehead atoms. The molecule has 11 heteroatoms. The largest absolute Gasteiger partial charge is 0.573 e. The van der Waals surface area contributed by atoms with E-state index in [1.807, 2.05) is 30.3 Å². The van der Waals surface area contributed by atoms with Gasteiger partial charge in [0.2, 0.25) is 11.8 Å². The molecule has 0 aromatic heterocycles. The summed E-state index contributed by atoms with van der Waals surface area (Å²) in [6.45, 7) is 1.88. The number of benzene rings is 3. The molecule has 0 radical (unpaired) electrons. The third-order valence-corrected chi connectivity index (χ3v) is 6.76. The maximum absolute atomic E-state index is 14.4. The first-order valence-corrected chi connectivity index (χ1v) is 12.6. The molecule has 3 aromatic carbocycles. The van der Waals surface area contributed by atoms with Gasteiger partial charge >= 0.3 is 6.36 Å². The SMILES string of the molecule is CC(=O)NCC(=O)N1CC[C@H](NCc2cc(-c3ccc(F)cc3F)ccc2OC(F)(F)F)[C@H](c2ccccc2)C1. The van der Waals surface area contributed by atoms with Crippen LogP contribution in [0.15, 0.2) is 66.7 Å². The normalized spacial score (nSPS) is 17.4. The summed E-state index contributed by atoms with van der Waals surface area (Å²) in [5.41, 5.74) is 1.37. The summed E-state index contributed by atoms with van der Waals surface area (Å²) in [6, 6.07) is 16.0. The molecule has 0 spiro atoms. The van der Waals surface area contributed by atoms with E-state index in [0.29, 0.717) is 25.6 Å². The minimum absolute atomic E-state index is 0.0364. The number of amides is 2. The van der Waals surface area contributed by atoms with E-state index < -0.39 is 23.7 Å². The molecule has 4 rings (SSSR count). The second-order valence-electron chi connectivity index (χ2n) is 9.54. The van der Waals surface area contributed by atoms with Gasteiger partial charge in [-0.05, 0) is 41.8 Å². The summed E-state index contributed by atoms with van der Waals surface area (Å²) in [5.74, 6) is -2.79. The number of carbonyl (C=O) groups excluding carboxylic acids is 2. The van der Waals surface area contributed by atoms with E-state index in [9.17, 15) is 31.5 Å². The summed E-state index contributed by atoms with van der Waals surface area (Å²) < 4.78 is 71.6. The molecule has 0 aliphatic carbocycles. The Bertz CT molecular complexity index is 1350. The zero-order valence-corrected chi connectivity index (χ0v) is 21.6. The van der Waals surface area contributed by atoms with Crippen LogP contribution in [0.4, 0.5) is 22.0 Å². The van der Waals surface area contributed by atoms with Gasteiger partial charge in [0.15, 0.2) is 0 Å². The van der Waals surface area contributed by atoms with Crippen LogP contribution in [0.1, 0.15) is 30.4 Å². The maximum Gasteiger partial charge on any atom is 0.573 e. The summed E-state index contributed by atoms with van der Waals surface area (Å²) in [7, 11) is 0. The Morgan fingerprint density at radius 2 is 1.77 bits per heavy atom. The lowest BCUT2D eigenvalue weighted by Gasteiger charge is -2.39. The molecule has 0 saturated carbocycles. The first kappa shape index (κ1) is 29.0. The zero-order valence-electron chi connectivity index (χ0n) is 21.6. The Balaban J connectivity index is 1.58. The highest BCUT2D eigenvalue weighted by Gasteiger charge is 2.34. The quantitative estimate of drug-likeness (QED) is 0.374. The third-order valence-electron chi connectivity index (χ3n) is 6.76. The zero-order chi connectivity index (χ0) is 28.9. The van der Waals surface area contributed by atoms with Crippen molar-refractivity contribution in [3.05, 3.63) is 89.5 Å². The topological polar surface area (TPSA) is 70.7 Å². The minimum Gasteiger partial charge on any atom is -0.405 e. The van der Waals surface area contributed by atoms with E-state index in [1.165, 1.54) is 25.1 Å². The van der Waals surface area contributed by atoms with Crippen LogP contribution in [0.5, 0.6) is 5.75 Å². The Kier molecular flexibility index (Phi) is 9.03. The molecule has 1 heterocycles. The number of ether oxygens (including phenoxy) is 1.